The Hall–Kier alpha value is -1.01. The summed E-state index contributed by atoms with van der Waals surface area (Å²) in [6.07, 6.45) is 8.93. The fourth-order valence-corrected chi connectivity index (χ4v) is 3.73. The minimum Gasteiger partial charge on any atom is -0.367 e. The highest BCUT2D eigenvalue weighted by atomic mass is 35.5. The van der Waals surface area contributed by atoms with Crippen LogP contribution in [0.5, 0.6) is 0 Å². The van der Waals surface area contributed by atoms with E-state index >= 15 is 0 Å². The molecule has 0 atom stereocenters. The predicted octanol–water partition coefficient (Wildman–Crippen LogP) is 3.09. The summed E-state index contributed by atoms with van der Waals surface area (Å²) >= 11 is 7.87. The van der Waals surface area contributed by atoms with Crippen molar-refractivity contribution in [3.63, 3.8) is 0 Å². The molecule has 5 nitrogen and oxygen atoms in total. The molecule has 1 fully saturated rings. The van der Waals surface area contributed by atoms with Gasteiger partial charge in [-0.1, -0.05) is 12.8 Å². The number of anilines is 1. The number of fused-ring (bicyclic) bond motifs is 1. The van der Waals surface area contributed by atoms with Gasteiger partial charge in [0.05, 0.1) is 6.33 Å². The van der Waals surface area contributed by atoms with Gasteiger partial charge in [-0.05, 0) is 30.7 Å². The minimum atomic E-state index is 0.228. The molecule has 1 saturated carbocycles. The van der Waals surface area contributed by atoms with E-state index in [-0.39, 0.29) is 5.28 Å². The lowest BCUT2D eigenvalue weighted by molar-refractivity contribution is 0.639. The number of rotatable bonds is 4. The first-order valence-corrected chi connectivity index (χ1v) is 7.98. The summed E-state index contributed by atoms with van der Waals surface area (Å²) in [6.45, 7) is 0.898. The Labute approximate surface area is 121 Å². The Bertz CT molecular complexity index is 579. The second-order valence-electron chi connectivity index (χ2n) is 4.89. The first kappa shape index (κ1) is 13.0. The first-order valence-electron chi connectivity index (χ1n) is 6.38. The molecule has 2 aromatic heterocycles. The van der Waals surface area contributed by atoms with Crippen molar-refractivity contribution in [2.45, 2.75) is 30.4 Å². The van der Waals surface area contributed by atoms with Crippen molar-refractivity contribution in [3.8, 4) is 0 Å². The molecule has 2 N–H and O–H groups in total. The summed E-state index contributed by atoms with van der Waals surface area (Å²) in [5, 5.41) is 3.65. The summed E-state index contributed by atoms with van der Waals surface area (Å²) in [5.74, 6) is 0.743. The van der Waals surface area contributed by atoms with Crippen LogP contribution in [0.4, 0.5) is 5.82 Å². The Morgan fingerprint density at radius 3 is 2.95 bits per heavy atom. The smallest absolute Gasteiger partial charge is 0.226 e. The van der Waals surface area contributed by atoms with Crippen molar-refractivity contribution in [2.75, 3.05) is 18.1 Å². The number of nitrogens with zero attached hydrogens (tertiary/aromatic N) is 3. The minimum absolute atomic E-state index is 0.228. The van der Waals surface area contributed by atoms with Gasteiger partial charge in [-0.25, -0.2) is 4.98 Å². The van der Waals surface area contributed by atoms with E-state index in [1.165, 1.54) is 25.7 Å². The number of thioether (sulfide) groups is 1. The van der Waals surface area contributed by atoms with Crippen molar-refractivity contribution in [3.05, 3.63) is 11.6 Å². The quantitative estimate of drug-likeness (QED) is 0.849. The Kier molecular flexibility index (Phi) is 3.54. The van der Waals surface area contributed by atoms with E-state index in [4.69, 9.17) is 11.6 Å². The van der Waals surface area contributed by atoms with E-state index in [1.807, 2.05) is 11.8 Å². The molecular formula is C12H16ClN5S. The zero-order chi connectivity index (χ0) is 13.3. The van der Waals surface area contributed by atoms with Gasteiger partial charge in [-0.15, -0.1) is 0 Å². The molecule has 0 aliphatic heterocycles. The van der Waals surface area contributed by atoms with Crippen LogP contribution >= 0.6 is 23.4 Å². The fraction of sp³-hybridized carbons (Fsp3) is 0.583. The van der Waals surface area contributed by atoms with E-state index in [9.17, 15) is 0 Å². The van der Waals surface area contributed by atoms with Crippen LogP contribution in [0.15, 0.2) is 6.33 Å². The summed E-state index contributed by atoms with van der Waals surface area (Å²) in [5.41, 5.74) is 1.42. The maximum absolute atomic E-state index is 5.92. The van der Waals surface area contributed by atoms with Gasteiger partial charge in [0.15, 0.2) is 11.5 Å². The first-order chi connectivity index (χ1) is 9.22. The molecule has 0 radical (unpaired) electrons. The van der Waals surface area contributed by atoms with E-state index in [2.05, 4.69) is 31.5 Å². The van der Waals surface area contributed by atoms with Crippen LogP contribution in [0.25, 0.3) is 11.2 Å². The standard InChI is InChI=1S/C12H16ClN5S/c1-19-12(4-2-3-5-12)6-14-9-8-10(16-7-15-8)18-11(13)17-9/h7H,2-6H2,1H3,(H2,14,15,16,17,18). The lowest BCUT2D eigenvalue weighted by Crippen LogP contribution is -2.30. The van der Waals surface area contributed by atoms with Crippen LogP contribution in [0.1, 0.15) is 25.7 Å². The predicted molar refractivity (Wildman–Crippen MR) is 79.9 cm³/mol. The number of aromatic amines is 1. The third-order valence-corrected chi connectivity index (χ3v) is 5.37. The molecule has 2 heterocycles. The van der Waals surface area contributed by atoms with Gasteiger partial charge in [-0.2, -0.15) is 21.7 Å². The SMILES string of the molecule is CSC1(CNc2nc(Cl)nc3nc[nH]c23)CCCC1. The molecule has 0 unspecified atom stereocenters. The van der Waals surface area contributed by atoms with Crippen molar-refractivity contribution in [2.24, 2.45) is 0 Å². The normalized spacial score (nSPS) is 18.0. The number of H-pyrrole nitrogens is 1. The maximum Gasteiger partial charge on any atom is 0.226 e. The van der Waals surface area contributed by atoms with Gasteiger partial charge in [0.25, 0.3) is 0 Å². The summed E-state index contributed by atoms with van der Waals surface area (Å²) in [6, 6.07) is 0. The summed E-state index contributed by atoms with van der Waals surface area (Å²) in [7, 11) is 0. The highest BCUT2D eigenvalue weighted by molar-refractivity contribution is 8.00. The summed E-state index contributed by atoms with van der Waals surface area (Å²) < 4.78 is 0.323. The monoisotopic (exact) mass is 297 g/mol. The lowest BCUT2D eigenvalue weighted by atomic mass is 10.1. The van der Waals surface area contributed by atoms with E-state index in [0.717, 1.165) is 17.9 Å². The Balaban J connectivity index is 1.83. The van der Waals surface area contributed by atoms with Crippen LogP contribution in [-0.4, -0.2) is 37.5 Å². The molecule has 2 aromatic rings. The molecule has 0 aromatic carbocycles. The lowest BCUT2D eigenvalue weighted by Gasteiger charge is -2.27. The van der Waals surface area contributed by atoms with Gasteiger partial charge in [-0.3, -0.25) is 0 Å². The number of nitrogens with one attached hydrogen (secondary N) is 2. The van der Waals surface area contributed by atoms with Gasteiger partial charge >= 0.3 is 0 Å². The largest absolute Gasteiger partial charge is 0.367 e. The molecule has 7 heteroatoms. The van der Waals surface area contributed by atoms with Gasteiger partial charge in [0.2, 0.25) is 5.28 Å². The fourth-order valence-electron chi connectivity index (χ4n) is 2.65. The third-order valence-electron chi connectivity index (χ3n) is 3.78. The molecular weight excluding hydrogens is 282 g/mol. The Morgan fingerprint density at radius 1 is 1.42 bits per heavy atom. The number of aromatic nitrogens is 4. The average Bonchev–Trinajstić information content (AvgIpc) is 3.05. The number of hydrogen-bond donors (Lipinski definition) is 2. The molecule has 102 valence electrons. The molecule has 1 aliphatic carbocycles. The molecule has 0 spiro atoms. The molecule has 0 saturated heterocycles. The Morgan fingerprint density at radius 2 is 2.21 bits per heavy atom. The van der Waals surface area contributed by atoms with Gasteiger partial charge < -0.3 is 10.3 Å². The zero-order valence-corrected chi connectivity index (χ0v) is 12.3. The van der Waals surface area contributed by atoms with Crippen molar-refractivity contribution in [1.29, 1.82) is 0 Å². The van der Waals surface area contributed by atoms with Gasteiger partial charge in [0.1, 0.15) is 5.52 Å². The van der Waals surface area contributed by atoms with E-state index < -0.39 is 0 Å². The topological polar surface area (TPSA) is 66.5 Å². The highest BCUT2D eigenvalue weighted by Gasteiger charge is 2.33. The van der Waals surface area contributed by atoms with Crippen molar-refractivity contribution >= 4 is 40.3 Å². The van der Waals surface area contributed by atoms with Gasteiger partial charge in [0, 0.05) is 11.3 Å². The van der Waals surface area contributed by atoms with Crippen LogP contribution < -0.4 is 5.32 Å². The van der Waals surface area contributed by atoms with Crippen LogP contribution in [-0.2, 0) is 0 Å². The maximum atomic E-state index is 5.92. The molecule has 3 rings (SSSR count). The average molecular weight is 298 g/mol. The highest BCUT2D eigenvalue weighted by Crippen LogP contribution is 2.40. The second kappa shape index (κ2) is 5.17. The number of imidazole rings is 1. The third kappa shape index (κ3) is 2.51. The van der Waals surface area contributed by atoms with Crippen molar-refractivity contribution in [1.82, 2.24) is 19.9 Å². The summed E-state index contributed by atoms with van der Waals surface area (Å²) in [4.78, 5) is 15.5. The van der Waals surface area contributed by atoms with Crippen LogP contribution in [0.3, 0.4) is 0 Å². The van der Waals surface area contributed by atoms with Crippen LogP contribution in [0, 0.1) is 0 Å². The molecule has 0 amide bonds. The molecule has 1 aliphatic rings. The van der Waals surface area contributed by atoms with E-state index in [0.29, 0.717) is 10.4 Å². The molecule has 19 heavy (non-hydrogen) atoms. The molecule has 0 bridgehead atoms. The van der Waals surface area contributed by atoms with Crippen molar-refractivity contribution < 1.29 is 0 Å². The second-order valence-corrected chi connectivity index (χ2v) is 6.50. The van der Waals surface area contributed by atoms with E-state index in [1.54, 1.807) is 6.33 Å². The number of halogens is 1. The zero-order valence-electron chi connectivity index (χ0n) is 10.7. The number of hydrogen-bond acceptors (Lipinski definition) is 5. The van der Waals surface area contributed by atoms with Crippen LogP contribution in [0.2, 0.25) is 5.28 Å².